The number of hydrogen-bond donors (Lipinski definition) is 2. The lowest BCUT2D eigenvalue weighted by molar-refractivity contribution is -0.114. The summed E-state index contributed by atoms with van der Waals surface area (Å²) in [5.74, 6) is -0.116. The van der Waals surface area contributed by atoms with E-state index in [2.05, 4.69) is 40.4 Å². The van der Waals surface area contributed by atoms with Gasteiger partial charge in [-0.15, -0.1) is 0 Å². The van der Waals surface area contributed by atoms with E-state index in [1.54, 1.807) is 6.07 Å². The SMILES string of the molecule is CCCN(CCC)C(=O)c1cccc(NCC(=O)Nc2ccc(Br)cc2)c1. The smallest absolute Gasteiger partial charge is 0.253 e. The number of anilines is 2. The van der Waals surface area contributed by atoms with Gasteiger partial charge < -0.3 is 15.5 Å². The first-order valence-corrected chi connectivity index (χ1v) is 10.0. The maximum atomic E-state index is 12.7. The normalized spacial score (nSPS) is 10.3. The summed E-state index contributed by atoms with van der Waals surface area (Å²) < 4.78 is 0.959. The quantitative estimate of drug-likeness (QED) is 0.601. The second kappa shape index (κ2) is 10.7. The highest BCUT2D eigenvalue weighted by molar-refractivity contribution is 9.10. The molecule has 2 amide bonds. The third-order valence-electron chi connectivity index (χ3n) is 3.96. The third kappa shape index (κ3) is 6.71. The molecule has 0 aliphatic carbocycles. The second-order valence-electron chi connectivity index (χ2n) is 6.28. The van der Waals surface area contributed by atoms with Crippen LogP contribution in [0.5, 0.6) is 0 Å². The first-order chi connectivity index (χ1) is 13.0. The van der Waals surface area contributed by atoms with E-state index in [0.717, 1.165) is 41.8 Å². The fraction of sp³-hybridized carbons (Fsp3) is 0.333. The minimum atomic E-state index is -0.146. The zero-order valence-electron chi connectivity index (χ0n) is 15.8. The van der Waals surface area contributed by atoms with Crippen LogP contribution in [0.2, 0.25) is 0 Å². The van der Waals surface area contributed by atoms with Gasteiger partial charge in [-0.05, 0) is 55.3 Å². The molecular weight excluding hydrogens is 406 g/mol. The van der Waals surface area contributed by atoms with Gasteiger partial charge in [0.25, 0.3) is 5.91 Å². The topological polar surface area (TPSA) is 61.4 Å². The molecule has 6 heteroatoms. The number of rotatable bonds is 9. The Hall–Kier alpha value is -2.34. The van der Waals surface area contributed by atoms with Crippen LogP contribution >= 0.6 is 15.9 Å². The Balaban J connectivity index is 1.95. The van der Waals surface area contributed by atoms with Crippen LogP contribution in [0.25, 0.3) is 0 Å². The van der Waals surface area contributed by atoms with Gasteiger partial charge in [-0.3, -0.25) is 9.59 Å². The highest BCUT2D eigenvalue weighted by Gasteiger charge is 2.14. The molecule has 0 spiro atoms. The number of benzene rings is 2. The summed E-state index contributed by atoms with van der Waals surface area (Å²) in [6.07, 6.45) is 1.86. The Bertz CT molecular complexity index is 756. The summed E-state index contributed by atoms with van der Waals surface area (Å²) in [6, 6.07) is 14.7. The largest absolute Gasteiger partial charge is 0.376 e. The molecule has 2 rings (SSSR count). The first-order valence-electron chi connectivity index (χ1n) is 9.22. The monoisotopic (exact) mass is 431 g/mol. The van der Waals surface area contributed by atoms with E-state index < -0.39 is 0 Å². The van der Waals surface area contributed by atoms with Crippen molar-refractivity contribution in [2.24, 2.45) is 0 Å². The van der Waals surface area contributed by atoms with Gasteiger partial charge in [0.2, 0.25) is 5.91 Å². The summed E-state index contributed by atoms with van der Waals surface area (Å²) >= 11 is 3.36. The van der Waals surface area contributed by atoms with Gasteiger partial charge in [-0.25, -0.2) is 0 Å². The van der Waals surface area contributed by atoms with Crippen molar-refractivity contribution in [1.82, 2.24) is 4.90 Å². The Morgan fingerprint density at radius 1 is 0.963 bits per heavy atom. The van der Waals surface area contributed by atoms with Crippen LogP contribution in [0.4, 0.5) is 11.4 Å². The number of hydrogen-bond acceptors (Lipinski definition) is 3. The van der Waals surface area contributed by atoms with Crippen molar-refractivity contribution < 1.29 is 9.59 Å². The highest BCUT2D eigenvalue weighted by atomic mass is 79.9. The van der Waals surface area contributed by atoms with Gasteiger partial charge in [0.1, 0.15) is 0 Å². The van der Waals surface area contributed by atoms with E-state index in [0.29, 0.717) is 5.56 Å². The Labute approximate surface area is 169 Å². The minimum absolute atomic E-state index is 0.0293. The maximum absolute atomic E-state index is 12.7. The predicted molar refractivity (Wildman–Crippen MR) is 114 cm³/mol. The number of carbonyl (C=O) groups excluding carboxylic acids is 2. The molecule has 2 N–H and O–H groups in total. The maximum Gasteiger partial charge on any atom is 0.253 e. The number of carbonyl (C=O) groups is 2. The molecule has 0 fully saturated rings. The molecule has 0 bridgehead atoms. The van der Waals surface area contributed by atoms with Crippen molar-refractivity contribution >= 4 is 39.1 Å². The van der Waals surface area contributed by atoms with E-state index in [1.807, 2.05) is 47.4 Å². The zero-order chi connectivity index (χ0) is 19.6. The van der Waals surface area contributed by atoms with Crippen molar-refractivity contribution in [3.63, 3.8) is 0 Å². The van der Waals surface area contributed by atoms with E-state index in [1.165, 1.54) is 0 Å². The molecule has 5 nitrogen and oxygen atoms in total. The summed E-state index contributed by atoms with van der Waals surface area (Å²) in [5.41, 5.74) is 2.12. The summed E-state index contributed by atoms with van der Waals surface area (Å²) in [7, 11) is 0. The van der Waals surface area contributed by atoms with Gasteiger partial charge >= 0.3 is 0 Å². The molecule has 0 radical (unpaired) electrons. The lowest BCUT2D eigenvalue weighted by atomic mass is 10.1. The van der Waals surface area contributed by atoms with Crippen LogP contribution in [0.3, 0.4) is 0 Å². The first kappa shape index (κ1) is 21.0. The Morgan fingerprint density at radius 2 is 1.63 bits per heavy atom. The minimum Gasteiger partial charge on any atom is -0.376 e. The highest BCUT2D eigenvalue weighted by Crippen LogP contribution is 2.15. The summed E-state index contributed by atoms with van der Waals surface area (Å²) in [4.78, 5) is 26.7. The molecule has 0 aliphatic rings. The zero-order valence-corrected chi connectivity index (χ0v) is 17.4. The molecule has 0 saturated carbocycles. The van der Waals surface area contributed by atoms with Crippen molar-refractivity contribution in [1.29, 1.82) is 0 Å². The van der Waals surface area contributed by atoms with E-state index >= 15 is 0 Å². The van der Waals surface area contributed by atoms with Gasteiger partial charge in [-0.1, -0.05) is 35.8 Å². The molecule has 0 heterocycles. The molecule has 0 saturated heterocycles. The number of nitrogens with one attached hydrogen (secondary N) is 2. The van der Waals surface area contributed by atoms with Crippen LogP contribution in [-0.4, -0.2) is 36.3 Å². The van der Waals surface area contributed by atoms with E-state index in [4.69, 9.17) is 0 Å². The van der Waals surface area contributed by atoms with Crippen molar-refractivity contribution in [2.75, 3.05) is 30.3 Å². The van der Waals surface area contributed by atoms with Crippen LogP contribution < -0.4 is 10.6 Å². The van der Waals surface area contributed by atoms with Crippen LogP contribution in [0.15, 0.2) is 53.0 Å². The van der Waals surface area contributed by atoms with Crippen LogP contribution in [0.1, 0.15) is 37.0 Å². The molecule has 0 aromatic heterocycles. The average molecular weight is 432 g/mol. The van der Waals surface area contributed by atoms with Crippen molar-refractivity contribution in [2.45, 2.75) is 26.7 Å². The Morgan fingerprint density at radius 3 is 2.26 bits per heavy atom. The molecule has 0 atom stereocenters. The van der Waals surface area contributed by atoms with Crippen molar-refractivity contribution in [3.8, 4) is 0 Å². The number of amides is 2. The predicted octanol–water partition coefficient (Wildman–Crippen LogP) is 4.76. The van der Waals surface area contributed by atoms with E-state index in [9.17, 15) is 9.59 Å². The average Bonchev–Trinajstić information content (AvgIpc) is 2.68. The molecule has 0 aliphatic heterocycles. The Kier molecular flexibility index (Phi) is 8.33. The van der Waals surface area contributed by atoms with Crippen molar-refractivity contribution in [3.05, 3.63) is 58.6 Å². The molecule has 0 unspecified atom stereocenters. The fourth-order valence-corrected chi connectivity index (χ4v) is 2.98. The lowest BCUT2D eigenvalue weighted by Crippen LogP contribution is -2.32. The molecule has 144 valence electrons. The summed E-state index contributed by atoms with van der Waals surface area (Å²) in [6.45, 7) is 5.76. The third-order valence-corrected chi connectivity index (χ3v) is 4.49. The second-order valence-corrected chi connectivity index (χ2v) is 7.20. The van der Waals surface area contributed by atoms with Crippen LogP contribution in [0, 0.1) is 0 Å². The standard InChI is InChI=1S/C21H26BrN3O2/c1-3-12-25(13-4-2)21(27)16-6-5-7-19(14-16)23-15-20(26)24-18-10-8-17(22)9-11-18/h5-11,14,23H,3-4,12-13,15H2,1-2H3,(H,24,26). The number of halogens is 1. The molecule has 27 heavy (non-hydrogen) atoms. The number of nitrogens with zero attached hydrogens (tertiary/aromatic N) is 1. The van der Waals surface area contributed by atoms with Gasteiger partial charge in [0, 0.05) is 34.5 Å². The molecular formula is C21H26BrN3O2. The molecule has 2 aromatic rings. The van der Waals surface area contributed by atoms with Gasteiger partial charge in [0.15, 0.2) is 0 Å². The summed E-state index contributed by atoms with van der Waals surface area (Å²) in [5, 5.41) is 5.91. The fourth-order valence-electron chi connectivity index (χ4n) is 2.72. The molecule has 2 aromatic carbocycles. The van der Waals surface area contributed by atoms with E-state index in [-0.39, 0.29) is 18.4 Å². The van der Waals surface area contributed by atoms with Crippen LogP contribution in [-0.2, 0) is 4.79 Å². The van der Waals surface area contributed by atoms with Gasteiger partial charge in [0.05, 0.1) is 6.54 Å². The lowest BCUT2D eigenvalue weighted by Gasteiger charge is -2.21. The van der Waals surface area contributed by atoms with Gasteiger partial charge in [-0.2, -0.15) is 0 Å².